The van der Waals surface area contributed by atoms with E-state index in [1.165, 1.54) is 31.1 Å². The topological polar surface area (TPSA) is 208 Å². The molecule has 1 amide bonds. The summed E-state index contributed by atoms with van der Waals surface area (Å²) in [4.78, 5) is 40.0. The van der Waals surface area contributed by atoms with Crippen molar-refractivity contribution in [3.8, 4) is 5.75 Å². The van der Waals surface area contributed by atoms with E-state index >= 15 is 0 Å². The molecule has 0 saturated heterocycles. The lowest BCUT2D eigenvalue weighted by atomic mass is 9.54. The van der Waals surface area contributed by atoms with Gasteiger partial charge in [0.2, 0.25) is 5.78 Å². The maximum atomic E-state index is 13.7. The first-order chi connectivity index (χ1) is 15.3. The van der Waals surface area contributed by atoms with Gasteiger partial charge in [-0.1, -0.05) is 6.92 Å². The van der Waals surface area contributed by atoms with Crippen molar-refractivity contribution in [3.05, 3.63) is 40.2 Å². The van der Waals surface area contributed by atoms with Gasteiger partial charge in [0.15, 0.2) is 11.4 Å². The number of nitrogens with two attached hydrogens (primary N) is 2. The van der Waals surface area contributed by atoms with Crippen molar-refractivity contribution >= 4 is 28.9 Å². The average Bonchev–Trinajstić information content (AvgIpc) is 2.72. The zero-order valence-electron chi connectivity index (χ0n) is 18.1. The second-order valence-electron chi connectivity index (χ2n) is 9.01. The van der Waals surface area contributed by atoms with E-state index in [2.05, 4.69) is 0 Å². The number of amides is 1. The quantitative estimate of drug-likeness (QED) is 0.164. The van der Waals surface area contributed by atoms with Crippen molar-refractivity contribution in [3.63, 3.8) is 0 Å². The number of carbonyl (C=O) groups excluding carboxylic acids is 3. The first-order valence-electron chi connectivity index (χ1n) is 10.2. The molecule has 0 heterocycles. The molecular formula is C22H25N3O8. The fraction of sp³-hybridized carbons (Fsp3) is 0.409. The number of likely N-dealkylation sites (N-methyl/N-ethyl adjacent to an activating group) is 1. The summed E-state index contributed by atoms with van der Waals surface area (Å²) in [6.45, 7) is 1.62. The number of ketones is 2. The highest BCUT2D eigenvalue weighted by Gasteiger charge is 2.68. The number of carbonyl (C=O) groups is 3. The van der Waals surface area contributed by atoms with E-state index in [1.54, 1.807) is 6.92 Å². The number of hydrogen-bond acceptors (Lipinski definition) is 10. The molecule has 6 atom stereocenters. The van der Waals surface area contributed by atoms with Crippen LogP contribution in [-0.4, -0.2) is 79.7 Å². The smallest absolute Gasteiger partial charge is 0.255 e. The predicted octanol–water partition coefficient (Wildman–Crippen LogP) is -0.922. The highest BCUT2D eigenvalue weighted by molar-refractivity contribution is 6.24. The minimum atomic E-state index is -2.93. The summed E-state index contributed by atoms with van der Waals surface area (Å²) < 4.78 is 0. The summed E-state index contributed by atoms with van der Waals surface area (Å²) in [6.07, 6.45) is -1.65. The molecule has 0 aliphatic heterocycles. The van der Waals surface area contributed by atoms with Crippen LogP contribution in [0.3, 0.4) is 0 Å². The predicted molar refractivity (Wildman–Crippen MR) is 115 cm³/mol. The number of benzene rings is 1. The highest BCUT2D eigenvalue weighted by Crippen LogP contribution is 2.56. The van der Waals surface area contributed by atoms with Crippen molar-refractivity contribution in [2.75, 3.05) is 19.8 Å². The molecule has 1 fully saturated rings. The third kappa shape index (κ3) is 2.63. The lowest BCUT2D eigenvalue weighted by molar-refractivity contribution is -0.169. The van der Waals surface area contributed by atoms with Crippen LogP contribution in [0.5, 0.6) is 5.75 Å². The number of primary amides is 1. The molecule has 1 aromatic carbocycles. The fourth-order valence-electron chi connectivity index (χ4n) is 5.73. The lowest BCUT2D eigenvalue weighted by Crippen LogP contribution is -2.70. The van der Waals surface area contributed by atoms with Crippen LogP contribution in [0.4, 0.5) is 5.69 Å². The number of nitrogens with zero attached hydrogens (tertiary/aromatic N) is 1. The maximum Gasteiger partial charge on any atom is 0.255 e. The molecule has 0 bridgehead atoms. The zero-order chi connectivity index (χ0) is 24.7. The van der Waals surface area contributed by atoms with Crippen molar-refractivity contribution in [1.82, 2.24) is 4.90 Å². The Morgan fingerprint density at radius 1 is 1.15 bits per heavy atom. The van der Waals surface area contributed by atoms with Gasteiger partial charge in [-0.25, -0.2) is 0 Å². The van der Waals surface area contributed by atoms with Crippen LogP contribution in [0.25, 0.3) is 5.76 Å². The number of aliphatic hydroxyl groups is 4. The maximum absolute atomic E-state index is 13.7. The Hall–Kier alpha value is -3.41. The third-order valence-corrected chi connectivity index (χ3v) is 7.14. The SMILES string of the molecule is C[C@H]1c2c(N)ccc(O)c2C(O)=C2C(=O)[C@]3(O)C(O)=C(C(N)=O)C(=O)[C@@H](N(C)C)C3[C@@H](O)C21. The Kier molecular flexibility index (Phi) is 4.86. The van der Waals surface area contributed by atoms with Crippen LogP contribution in [0.15, 0.2) is 29.0 Å². The number of hydrogen-bond donors (Lipinski definition) is 7. The van der Waals surface area contributed by atoms with Crippen LogP contribution >= 0.6 is 0 Å². The zero-order valence-corrected chi connectivity index (χ0v) is 18.1. The van der Waals surface area contributed by atoms with Gasteiger partial charge in [-0.2, -0.15) is 0 Å². The normalized spacial score (nSPS) is 33.7. The summed E-state index contributed by atoms with van der Waals surface area (Å²) in [5.41, 5.74) is 7.35. The van der Waals surface area contributed by atoms with E-state index in [1.807, 2.05) is 0 Å². The molecule has 0 spiro atoms. The Morgan fingerprint density at radius 2 is 1.76 bits per heavy atom. The molecule has 9 N–H and O–H groups in total. The monoisotopic (exact) mass is 459 g/mol. The van der Waals surface area contributed by atoms with Crippen molar-refractivity contribution in [1.29, 1.82) is 0 Å². The summed E-state index contributed by atoms with van der Waals surface area (Å²) in [6, 6.07) is 1.24. The number of fused-ring (bicyclic) bond motifs is 3. The Labute approximate surface area is 188 Å². The Balaban J connectivity index is 2.08. The molecule has 11 heteroatoms. The molecule has 33 heavy (non-hydrogen) atoms. The lowest BCUT2D eigenvalue weighted by Gasteiger charge is -2.53. The third-order valence-electron chi connectivity index (χ3n) is 7.14. The van der Waals surface area contributed by atoms with E-state index in [0.717, 1.165) is 0 Å². The van der Waals surface area contributed by atoms with E-state index in [-0.39, 0.29) is 17.0 Å². The largest absolute Gasteiger partial charge is 0.508 e. The molecule has 2 unspecified atom stereocenters. The molecule has 1 aromatic rings. The van der Waals surface area contributed by atoms with Crippen molar-refractivity contribution in [2.24, 2.45) is 17.6 Å². The molecule has 0 aromatic heterocycles. The van der Waals surface area contributed by atoms with Crippen LogP contribution in [-0.2, 0) is 14.4 Å². The number of anilines is 1. The van der Waals surface area contributed by atoms with Gasteiger partial charge < -0.3 is 37.0 Å². The summed E-state index contributed by atoms with van der Waals surface area (Å²) in [7, 11) is 2.89. The molecule has 0 radical (unpaired) electrons. The average molecular weight is 459 g/mol. The number of rotatable bonds is 2. The molecule has 4 rings (SSSR count). The summed E-state index contributed by atoms with van der Waals surface area (Å²) in [5.74, 6) is -9.37. The second kappa shape index (κ2) is 7.04. The van der Waals surface area contributed by atoms with Gasteiger partial charge in [-0.05, 0) is 37.7 Å². The number of aromatic hydroxyl groups is 1. The number of nitrogen functional groups attached to an aromatic ring is 1. The Bertz CT molecular complexity index is 1190. The number of Topliss-reactive ketones (excluding diaryl/α,β-unsaturated/α-hetero) is 2. The van der Waals surface area contributed by atoms with Crippen LogP contribution in [0, 0.1) is 11.8 Å². The first kappa shape index (κ1) is 22.8. The van der Waals surface area contributed by atoms with Crippen LogP contribution < -0.4 is 11.5 Å². The first-order valence-corrected chi connectivity index (χ1v) is 10.2. The van der Waals surface area contributed by atoms with Gasteiger partial charge in [-0.15, -0.1) is 0 Å². The minimum absolute atomic E-state index is 0.133. The number of aliphatic hydroxyl groups excluding tert-OH is 3. The molecule has 3 aliphatic rings. The standard InChI is InChI=1S/C22H25N3O8/c1-6-9-7(23)4-5-8(26)11(9)16(27)12-10(6)17(28)14-15(25(2)3)18(29)13(21(24)32)20(31)22(14,33)19(12)30/h4-6,10,14-15,17,26-28,31,33H,23H2,1-3H3,(H2,24,32)/t6-,10?,14?,15-,17-,22-/m0/s1. The second-order valence-corrected chi connectivity index (χ2v) is 9.01. The highest BCUT2D eigenvalue weighted by atomic mass is 16.4. The van der Waals surface area contributed by atoms with E-state index in [4.69, 9.17) is 11.5 Å². The van der Waals surface area contributed by atoms with Gasteiger partial charge in [0.05, 0.1) is 23.6 Å². The van der Waals surface area contributed by atoms with Gasteiger partial charge in [-0.3, -0.25) is 19.3 Å². The number of phenolic OH excluding ortho intramolecular Hbond substituents is 1. The summed E-state index contributed by atoms with van der Waals surface area (Å²) in [5, 5.41) is 55.1. The van der Waals surface area contributed by atoms with Crippen LogP contribution in [0.1, 0.15) is 24.0 Å². The molecule has 176 valence electrons. The van der Waals surface area contributed by atoms with Gasteiger partial charge >= 0.3 is 0 Å². The molecule has 3 aliphatic carbocycles. The Morgan fingerprint density at radius 3 is 2.30 bits per heavy atom. The minimum Gasteiger partial charge on any atom is -0.508 e. The van der Waals surface area contributed by atoms with E-state index in [0.29, 0.717) is 5.56 Å². The van der Waals surface area contributed by atoms with Gasteiger partial charge in [0.25, 0.3) is 5.91 Å². The fourth-order valence-corrected chi connectivity index (χ4v) is 5.73. The van der Waals surface area contributed by atoms with E-state index in [9.17, 15) is 39.9 Å². The van der Waals surface area contributed by atoms with Gasteiger partial charge in [0.1, 0.15) is 22.8 Å². The molecule has 11 nitrogen and oxygen atoms in total. The molecule has 1 saturated carbocycles. The number of phenols is 1. The van der Waals surface area contributed by atoms with Crippen LogP contribution in [0.2, 0.25) is 0 Å². The van der Waals surface area contributed by atoms with Crippen molar-refractivity contribution < 1.29 is 39.9 Å². The van der Waals surface area contributed by atoms with Crippen molar-refractivity contribution in [2.45, 2.75) is 30.6 Å². The summed E-state index contributed by atoms with van der Waals surface area (Å²) >= 11 is 0. The van der Waals surface area contributed by atoms with E-state index < -0.39 is 75.6 Å². The van der Waals surface area contributed by atoms with Gasteiger partial charge in [0, 0.05) is 17.2 Å². The molecular weight excluding hydrogens is 434 g/mol.